The Bertz CT molecular complexity index is 2790. The molecule has 5 nitrogen and oxygen atoms in total. The number of furan rings is 2. The zero-order valence-electron chi connectivity index (χ0n) is 26.9. The molecule has 0 spiro atoms. The molecule has 0 saturated carbocycles. The van der Waals surface area contributed by atoms with Gasteiger partial charge in [-0.3, -0.25) is 0 Å². The normalized spacial score (nSPS) is 14.6. The number of benzene rings is 7. The summed E-state index contributed by atoms with van der Waals surface area (Å²) in [5, 5.41) is 7.97. The summed E-state index contributed by atoms with van der Waals surface area (Å²) in [6, 6.07) is 56.2. The van der Waals surface area contributed by atoms with Crippen LogP contribution in [0.2, 0.25) is 0 Å². The molecule has 236 valence electrons. The fourth-order valence-corrected chi connectivity index (χ4v) is 7.17. The quantitative estimate of drug-likeness (QED) is 0.203. The summed E-state index contributed by atoms with van der Waals surface area (Å²) in [6.45, 7) is 0. The molecule has 1 atom stereocenters. The summed E-state index contributed by atoms with van der Waals surface area (Å²) >= 11 is 0. The molecule has 2 aromatic heterocycles. The summed E-state index contributed by atoms with van der Waals surface area (Å²) in [6.07, 6.45) is -0.397. The van der Waals surface area contributed by atoms with Crippen LogP contribution in [-0.2, 0) is 0 Å². The summed E-state index contributed by atoms with van der Waals surface area (Å²) in [5.74, 6) is 1.45. The van der Waals surface area contributed by atoms with Gasteiger partial charge in [0.05, 0.1) is 0 Å². The minimum atomic E-state index is -0.397. The zero-order chi connectivity index (χ0) is 33.0. The van der Waals surface area contributed by atoms with Gasteiger partial charge in [0.15, 0.2) is 5.84 Å². The minimum Gasteiger partial charge on any atom is -0.456 e. The molecule has 0 radical (unpaired) electrons. The van der Waals surface area contributed by atoms with Crippen molar-refractivity contribution in [1.82, 2.24) is 5.32 Å². The lowest BCUT2D eigenvalue weighted by atomic mass is 9.99. The minimum absolute atomic E-state index is 0.397. The van der Waals surface area contributed by atoms with Crippen LogP contribution in [0.5, 0.6) is 0 Å². The third kappa shape index (κ3) is 4.71. The molecule has 0 bridgehead atoms. The van der Waals surface area contributed by atoms with E-state index in [1.807, 2.05) is 54.6 Å². The molecule has 5 heteroatoms. The Morgan fingerprint density at radius 3 is 2.04 bits per heavy atom. The summed E-state index contributed by atoms with van der Waals surface area (Å²) < 4.78 is 12.9. The molecule has 7 aromatic carbocycles. The first kappa shape index (κ1) is 28.3. The highest BCUT2D eigenvalue weighted by atomic mass is 16.3. The molecule has 1 aliphatic rings. The molecule has 0 amide bonds. The molecule has 0 saturated heterocycles. The second-order valence-corrected chi connectivity index (χ2v) is 12.6. The van der Waals surface area contributed by atoms with Crippen molar-refractivity contribution < 1.29 is 8.83 Å². The molecular weight excluding hydrogens is 615 g/mol. The van der Waals surface area contributed by atoms with Crippen molar-refractivity contribution in [2.75, 3.05) is 0 Å². The van der Waals surface area contributed by atoms with Gasteiger partial charge in [0.25, 0.3) is 0 Å². The standard InChI is InChI=1S/C45H29N3O2/c1-3-12-28(13-4-1)30-16-9-17-32(26-30)44-46-43(29-14-5-2-6-15-29)47-45(48-44)37-21-11-23-39-41(37)36-25-24-31(27-40(36)49-39)33-19-10-20-35-34-18-7-8-22-38(34)50-42(33)35/h1-27,45H,(H,46,47,48). The van der Waals surface area contributed by atoms with Gasteiger partial charge < -0.3 is 14.2 Å². The first-order chi connectivity index (χ1) is 24.8. The van der Waals surface area contributed by atoms with E-state index in [2.05, 4.69) is 115 Å². The largest absolute Gasteiger partial charge is 0.456 e. The van der Waals surface area contributed by atoms with Crippen molar-refractivity contribution in [2.24, 2.45) is 9.98 Å². The molecule has 3 heterocycles. The van der Waals surface area contributed by atoms with Crippen molar-refractivity contribution >= 4 is 55.5 Å². The second kappa shape index (κ2) is 11.5. The highest BCUT2D eigenvalue weighted by Gasteiger charge is 2.25. The number of nitrogens with zero attached hydrogens (tertiary/aromatic N) is 2. The van der Waals surface area contributed by atoms with Crippen LogP contribution in [-0.4, -0.2) is 11.7 Å². The van der Waals surface area contributed by atoms with Crippen LogP contribution in [0.1, 0.15) is 22.9 Å². The number of aliphatic imine (C=N–C) groups is 2. The molecule has 0 aliphatic carbocycles. The van der Waals surface area contributed by atoms with Crippen LogP contribution in [0.25, 0.3) is 66.1 Å². The van der Waals surface area contributed by atoms with E-state index in [-0.39, 0.29) is 0 Å². The van der Waals surface area contributed by atoms with Gasteiger partial charge in [-0.15, -0.1) is 0 Å². The first-order valence-electron chi connectivity index (χ1n) is 16.8. The Morgan fingerprint density at radius 2 is 1.16 bits per heavy atom. The summed E-state index contributed by atoms with van der Waals surface area (Å²) in [5.41, 5.74) is 10.7. The fraction of sp³-hybridized carbons (Fsp3) is 0.0222. The predicted octanol–water partition coefficient (Wildman–Crippen LogP) is 11.3. The van der Waals surface area contributed by atoms with Crippen LogP contribution in [0.3, 0.4) is 0 Å². The van der Waals surface area contributed by atoms with Gasteiger partial charge in [-0.1, -0.05) is 133 Å². The van der Waals surface area contributed by atoms with Gasteiger partial charge in [-0.05, 0) is 47.0 Å². The highest BCUT2D eigenvalue weighted by molar-refractivity contribution is 6.15. The maximum Gasteiger partial charge on any atom is 0.159 e. The second-order valence-electron chi connectivity index (χ2n) is 12.6. The molecule has 9 aromatic rings. The third-order valence-electron chi connectivity index (χ3n) is 9.56. The molecule has 0 fully saturated rings. The molecular formula is C45H29N3O2. The van der Waals surface area contributed by atoms with Crippen LogP contribution >= 0.6 is 0 Å². The monoisotopic (exact) mass is 643 g/mol. The molecule has 10 rings (SSSR count). The van der Waals surface area contributed by atoms with Gasteiger partial charge in [-0.2, -0.15) is 0 Å². The van der Waals surface area contributed by atoms with E-state index in [0.717, 1.165) is 88.7 Å². The Labute approximate surface area is 287 Å². The smallest absolute Gasteiger partial charge is 0.159 e. The van der Waals surface area contributed by atoms with Gasteiger partial charge in [-0.25, -0.2) is 9.98 Å². The van der Waals surface area contributed by atoms with E-state index in [9.17, 15) is 0 Å². The molecule has 1 unspecified atom stereocenters. The van der Waals surface area contributed by atoms with Gasteiger partial charge in [0, 0.05) is 43.8 Å². The number of hydrogen-bond donors (Lipinski definition) is 1. The predicted molar refractivity (Wildman–Crippen MR) is 204 cm³/mol. The van der Waals surface area contributed by atoms with Gasteiger partial charge in [0.1, 0.15) is 34.3 Å². The topological polar surface area (TPSA) is 63.0 Å². The van der Waals surface area contributed by atoms with E-state index in [1.165, 1.54) is 0 Å². The van der Waals surface area contributed by atoms with E-state index >= 15 is 0 Å². The number of rotatable bonds is 5. The third-order valence-corrected chi connectivity index (χ3v) is 9.56. The average Bonchev–Trinajstić information content (AvgIpc) is 3.77. The highest BCUT2D eigenvalue weighted by Crippen LogP contribution is 2.40. The van der Waals surface area contributed by atoms with Crippen molar-refractivity contribution in [3.05, 3.63) is 180 Å². The fourth-order valence-electron chi connectivity index (χ4n) is 7.17. The molecule has 1 aliphatic heterocycles. The summed E-state index contributed by atoms with van der Waals surface area (Å²) in [4.78, 5) is 10.3. The van der Waals surface area contributed by atoms with Crippen LogP contribution < -0.4 is 5.32 Å². The molecule has 1 N–H and O–H groups in total. The van der Waals surface area contributed by atoms with Crippen molar-refractivity contribution in [3.8, 4) is 22.3 Å². The van der Waals surface area contributed by atoms with Crippen molar-refractivity contribution in [1.29, 1.82) is 0 Å². The number of hydrogen-bond acceptors (Lipinski definition) is 5. The zero-order valence-corrected chi connectivity index (χ0v) is 26.9. The first-order valence-corrected chi connectivity index (χ1v) is 16.8. The lowest BCUT2D eigenvalue weighted by molar-refractivity contribution is 0.662. The Balaban J connectivity index is 1.09. The lowest BCUT2D eigenvalue weighted by Crippen LogP contribution is -2.33. The van der Waals surface area contributed by atoms with E-state index in [1.54, 1.807) is 0 Å². The van der Waals surface area contributed by atoms with Crippen LogP contribution in [0.4, 0.5) is 0 Å². The maximum absolute atomic E-state index is 6.57. The van der Waals surface area contributed by atoms with Crippen LogP contribution in [0.15, 0.2) is 183 Å². The molecule has 50 heavy (non-hydrogen) atoms. The van der Waals surface area contributed by atoms with Gasteiger partial charge >= 0.3 is 0 Å². The van der Waals surface area contributed by atoms with E-state index in [4.69, 9.17) is 18.8 Å². The van der Waals surface area contributed by atoms with Crippen LogP contribution in [0, 0.1) is 0 Å². The number of nitrogens with one attached hydrogen (secondary N) is 1. The van der Waals surface area contributed by atoms with Gasteiger partial charge in [0.2, 0.25) is 0 Å². The summed E-state index contributed by atoms with van der Waals surface area (Å²) in [7, 11) is 0. The Morgan fingerprint density at radius 1 is 0.460 bits per heavy atom. The maximum atomic E-state index is 6.57. The van der Waals surface area contributed by atoms with E-state index < -0.39 is 6.17 Å². The average molecular weight is 644 g/mol. The number of amidine groups is 2. The lowest BCUT2D eigenvalue weighted by Gasteiger charge is -2.24. The number of para-hydroxylation sites is 2. The Hall–Kier alpha value is -6.72. The number of fused-ring (bicyclic) bond motifs is 6. The SMILES string of the molecule is c1ccc(C2=NC(c3cccc4oc5cc(-c6cccc7c6oc6ccccc67)ccc5c34)NC(c3cccc(-c4ccccc4)c3)=N2)cc1. The van der Waals surface area contributed by atoms with Crippen molar-refractivity contribution in [3.63, 3.8) is 0 Å². The van der Waals surface area contributed by atoms with Crippen molar-refractivity contribution in [2.45, 2.75) is 6.17 Å². The Kier molecular flexibility index (Phi) is 6.49. The van der Waals surface area contributed by atoms with E-state index in [0.29, 0.717) is 5.84 Å².